The van der Waals surface area contributed by atoms with E-state index in [0.717, 1.165) is 49.4 Å². The lowest BCUT2D eigenvalue weighted by molar-refractivity contribution is -0.120. The van der Waals surface area contributed by atoms with Crippen LogP contribution in [0.25, 0.3) is 11.1 Å². The lowest BCUT2D eigenvalue weighted by atomic mass is 9.97. The zero-order valence-corrected chi connectivity index (χ0v) is 18.1. The number of piperidine rings is 1. The molecular weight excluding hydrogens is 419 g/mol. The molecule has 3 heterocycles. The maximum absolute atomic E-state index is 13.6. The Hall–Kier alpha value is -2.22. The Morgan fingerprint density at radius 2 is 2.10 bits per heavy atom. The van der Waals surface area contributed by atoms with E-state index in [1.807, 2.05) is 24.3 Å². The monoisotopic (exact) mass is 446 g/mol. The number of rotatable bonds is 6. The summed E-state index contributed by atoms with van der Waals surface area (Å²) < 4.78 is 19.0. The van der Waals surface area contributed by atoms with Crippen LogP contribution in [-0.4, -0.2) is 49.9 Å². The van der Waals surface area contributed by atoms with Crippen molar-refractivity contribution in [1.82, 2.24) is 10.3 Å². The van der Waals surface area contributed by atoms with Crippen LogP contribution in [0.15, 0.2) is 36.5 Å². The number of pyridine rings is 1. The van der Waals surface area contributed by atoms with Crippen LogP contribution in [0.5, 0.6) is 0 Å². The van der Waals surface area contributed by atoms with Crippen LogP contribution >= 0.6 is 11.6 Å². The predicted molar refractivity (Wildman–Crippen MR) is 121 cm³/mol. The van der Waals surface area contributed by atoms with Gasteiger partial charge in [-0.05, 0) is 48.9 Å². The molecule has 2 aliphatic heterocycles. The summed E-state index contributed by atoms with van der Waals surface area (Å²) in [7, 11) is 0. The first kappa shape index (κ1) is 22.0. The van der Waals surface area contributed by atoms with Crippen molar-refractivity contribution in [2.45, 2.75) is 25.4 Å². The fourth-order valence-electron chi connectivity index (χ4n) is 4.06. The van der Waals surface area contributed by atoms with Crippen molar-refractivity contribution in [2.75, 3.05) is 43.5 Å². The number of ether oxygens (including phenoxy) is 1. The van der Waals surface area contributed by atoms with Gasteiger partial charge in [-0.3, -0.25) is 4.79 Å². The van der Waals surface area contributed by atoms with Crippen molar-refractivity contribution in [3.05, 3.63) is 41.6 Å². The maximum Gasteiger partial charge on any atom is 0.230 e. The summed E-state index contributed by atoms with van der Waals surface area (Å²) in [5.41, 5.74) is 2.74. The highest BCUT2D eigenvalue weighted by molar-refractivity contribution is 6.33. The molecule has 1 amide bonds. The fraction of sp³-hybridized carbons (Fsp3) is 0.478. The number of aromatic nitrogens is 1. The molecule has 0 aliphatic carbocycles. The molecule has 0 radical (unpaired) electrons. The molecule has 31 heavy (non-hydrogen) atoms. The second kappa shape index (κ2) is 10.4. The molecule has 2 atom stereocenters. The van der Waals surface area contributed by atoms with Gasteiger partial charge in [-0.2, -0.15) is 0 Å². The van der Waals surface area contributed by atoms with Crippen molar-refractivity contribution in [3.8, 4) is 11.1 Å². The van der Waals surface area contributed by atoms with Crippen molar-refractivity contribution in [3.63, 3.8) is 0 Å². The fourth-order valence-corrected chi connectivity index (χ4v) is 4.27. The van der Waals surface area contributed by atoms with Crippen LogP contribution in [0.3, 0.4) is 0 Å². The molecule has 1 aromatic carbocycles. The number of carbonyl (C=O) groups is 1. The normalized spacial score (nSPS) is 22.1. The Bertz CT molecular complexity index is 907. The average molecular weight is 447 g/mol. The van der Waals surface area contributed by atoms with Gasteiger partial charge in [0.25, 0.3) is 0 Å². The Morgan fingerprint density at radius 1 is 1.26 bits per heavy atom. The highest BCUT2D eigenvalue weighted by atomic mass is 35.5. The van der Waals surface area contributed by atoms with E-state index in [4.69, 9.17) is 16.3 Å². The highest BCUT2D eigenvalue weighted by Crippen LogP contribution is 2.31. The second-order valence-corrected chi connectivity index (χ2v) is 8.65. The molecule has 2 aromatic rings. The molecule has 1 aromatic heterocycles. The Morgan fingerprint density at radius 3 is 2.90 bits per heavy atom. The minimum Gasteiger partial charge on any atom is -0.385 e. The predicted octanol–water partition coefficient (Wildman–Crippen LogP) is 4.13. The number of benzene rings is 1. The summed E-state index contributed by atoms with van der Waals surface area (Å²) in [6, 6.07) is 9.80. The summed E-state index contributed by atoms with van der Waals surface area (Å²) in [5, 5.41) is 9.77. The molecule has 8 heteroatoms. The Labute approximate surface area is 186 Å². The van der Waals surface area contributed by atoms with Crippen molar-refractivity contribution in [2.24, 2.45) is 11.8 Å². The standard InChI is InChI=1S/C23H28ClFN4O2/c24-21-14-28-22(29-23(30)17-8-18(25)13-26-12-17)10-20(21)16-2-1-3-19(9-16)27-11-15-4-6-31-7-5-15/h1-3,9-10,14-15,17-18,26-27H,4-8,11-13H2,(H,28,29,30). The summed E-state index contributed by atoms with van der Waals surface area (Å²) in [6.45, 7) is 3.33. The van der Waals surface area contributed by atoms with Crippen LogP contribution in [0.4, 0.5) is 15.9 Å². The number of hydrogen-bond acceptors (Lipinski definition) is 5. The van der Waals surface area contributed by atoms with Gasteiger partial charge in [0.2, 0.25) is 5.91 Å². The van der Waals surface area contributed by atoms with Gasteiger partial charge in [-0.25, -0.2) is 9.37 Å². The molecule has 0 saturated carbocycles. The molecule has 6 nitrogen and oxygen atoms in total. The smallest absolute Gasteiger partial charge is 0.230 e. The molecule has 2 saturated heterocycles. The zero-order valence-electron chi connectivity index (χ0n) is 17.4. The lowest BCUT2D eigenvalue weighted by Gasteiger charge is -2.24. The quantitative estimate of drug-likeness (QED) is 0.622. The summed E-state index contributed by atoms with van der Waals surface area (Å²) >= 11 is 6.42. The van der Waals surface area contributed by atoms with Crippen LogP contribution < -0.4 is 16.0 Å². The van der Waals surface area contributed by atoms with E-state index in [-0.39, 0.29) is 12.3 Å². The number of hydrogen-bond donors (Lipinski definition) is 3. The van der Waals surface area contributed by atoms with Gasteiger partial charge in [0, 0.05) is 50.3 Å². The van der Waals surface area contributed by atoms with E-state index in [1.165, 1.54) is 6.20 Å². The van der Waals surface area contributed by atoms with Gasteiger partial charge in [0.1, 0.15) is 12.0 Å². The van der Waals surface area contributed by atoms with E-state index < -0.39 is 12.1 Å². The number of nitrogens with one attached hydrogen (secondary N) is 3. The number of alkyl halides is 1. The van der Waals surface area contributed by atoms with E-state index in [0.29, 0.717) is 29.8 Å². The van der Waals surface area contributed by atoms with Crippen LogP contribution in [0.1, 0.15) is 19.3 Å². The topological polar surface area (TPSA) is 75.3 Å². The van der Waals surface area contributed by atoms with Gasteiger partial charge in [0.15, 0.2) is 0 Å². The van der Waals surface area contributed by atoms with Gasteiger partial charge < -0.3 is 20.7 Å². The number of halogens is 2. The SMILES string of the molecule is O=C(Nc1cc(-c2cccc(NCC3CCOCC3)c2)c(Cl)cn1)C1CNCC(F)C1. The minimum atomic E-state index is -1.00. The van der Waals surface area contributed by atoms with E-state index >= 15 is 0 Å². The first-order valence-corrected chi connectivity index (χ1v) is 11.2. The lowest BCUT2D eigenvalue weighted by Crippen LogP contribution is -2.42. The summed E-state index contributed by atoms with van der Waals surface area (Å²) in [6.07, 6.45) is 2.90. The molecule has 0 spiro atoms. The maximum atomic E-state index is 13.6. The molecule has 4 rings (SSSR count). The highest BCUT2D eigenvalue weighted by Gasteiger charge is 2.27. The van der Waals surface area contributed by atoms with E-state index in [2.05, 4.69) is 20.9 Å². The Balaban J connectivity index is 1.44. The van der Waals surface area contributed by atoms with Crippen molar-refractivity contribution >= 4 is 29.0 Å². The van der Waals surface area contributed by atoms with Gasteiger partial charge in [0.05, 0.1) is 10.9 Å². The molecule has 2 fully saturated rings. The zero-order chi connectivity index (χ0) is 21.6. The molecule has 2 aliphatic rings. The summed E-state index contributed by atoms with van der Waals surface area (Å²) in [5.74, 6) is 0.373. The number of anilines is 2. The Kier molecular flexibility index (Phi) is 7.37. The number of nitrogens with zero attached hydrogens (tertiary/aromatic N) is 1. The van der Waals surface area contributed by atoms with E-state index in [1.54, 1.807) is 6.07 Å². The second-order valence-electron chi connectivity index (χ2n) is 8.24. The average Bonchev–Trinajstić information content (AvgIpc) is 2.80. The van der Waals surface area contributed by atoms with Gasteiger partial charge >= 0.3 is 0 Å². The third kappa shape index (κ3) is 5.93. The summed E-state index contributed by atoms with van der Waals surface area (Å²) in [4.78, 5) is 16.8. The third-order valence-electron chi connectivity index (χ3n) is 5.88. The largest absolute Gasteiger partial charge is 0.385 e. The van der Waals surface area contributed by atoms with Gasteiger partial charge in [-0.1, -0.05) is 23.7 Å². The van der Waals surface area contributed by atoms with Crippen molar-refractivity contribution < 1.29 is 13.9 Å². The first-order valence-electron chi connectivity index (χ1n) is 10.8. The van der Waals surface area contributed by atoms with E-state index in [9.17, 15) is 9.18 Å². The van der Waals surface area contributed by atoms with Crippen LogP contribution in [0, 0.1) is 11.8 Å². The van der Waals surface area contributed by atoms with Crippen LogP contribution in [-0.2, 0) is 9.53 Å². The molecule has 0 bridgehead atoms. The van der Waals surface area contributed by atoms with Gasteiger partial charge in [-0.15, -0.1) is 0 Å². The molecular formula is C23H28ClFN4O2. The third-order valence-corrected chi connectivity index (χ3v) is 6.18. The number of amides is 1. The first-order chi connectivity index (χ1) is 15.1. The molecule has 2 unspecified atom stereocenters. The molecule has 3 N–H and O–H groups in total. The van der Waals surface area contributed by atoms with Crippen molar-refractivity contribution in [1.29, 1.82) is 0 Å². The van der Waals surface area contributed by atoms with Crippen LogP contribution in [0.2, 0.25) is 5.02 Å². The number of carbonyl (C=O) groups excluding carboxylic acids is 1. The molecule has 166 valence electrons. The minimum absolute atomic E-state index is 0.222.